The molecule has 1 saturated carbocycles. The number of para-hydroxylation sites is 1. The Balaban J connectivity index is 2.24. The van der Waals surface area contributed by atoms with Gasteiger partial charge >= 0.3 is 0 Å². The van der Waals surface area contributed by atoms with E-state index in [9.17, 15) is 8.42 Å². The molecule has 0 radical (unpaired) electrons. The molecule has 0 saturated heterocycles. The van der Waals surface area contributed by atoms with Crippen LogP contribution in [0.1, 0.15) is 25.7 Å². The van der Waals surface area contributed by atoms with Crippen LogP contribution in [0.5, 0.6) is 0 Å². The molecule has 0 heterocycles. The Hall–Kier alpha value is -0.740. The lowest BCUT2D eigenvalue weighted by molar-refractivity contribution is 0.469. The lowest BCUT2D eigenvalue weighted by Crippen LogP contribution is -2.33. The average Bonchev–Trinajstić information content (AvgIpc) is 2.31. The van der Waals surface area contributed by atoms with Gasteiger partial charge in [0.25, 0.3) is 0 Å². The van der Waals surface area contributed by atoms with Crippen LogP contribution in [0.2, 0.25) is 0 Å². The lowest BCUT2D eigenvalue weighted by Gasteiger charge is -2.29. The number of halogens is 1. The maximum absolute atomic E-state index is 11.7. The molecule has 0 aliphatic heterocycles. The van der Waals surface area contributed by atoms with Gasteiger partial charge in [0.2, 0.25) is 0 Å². The van der Waals surface area contributed by atoms with Gasteiger partial charge in [-0.1, -0.05) is 25.0 Å². The van der Waals surface area contributed by atoms with E-state index in [4.69, 9.17) is 11.6 Å². The molecule has 0 spiro atoms. The van der Waals surface area contributed by atoms with E-state index in [0.717, 1.165) is 25.7 Å². The van der Waals surface area contributed by atoms with Crippen molar-refractivity contribution < 1.29 is 8.42 Å². The second-order valence-electron chi connectivity index (χ2n) is 4.82. The quantitative estimate of drug-likeness (QED) is 0.869. The van der Waals surface area contributed by atoms with Crippen molar-refractivity contribution in [3.8, 4) is 0 Å². The highest BCUT2D eigenvalue weighted by Crippen LogP contribution is 2.28. The van der Waals surface area contributed by atoms with Crippen LogP contribution in [0.4, 0.5) is 5.69 Å². The van der Waals surface area contributed by atoms with Crippen molar-refractivity contribution in [2.24, 2.45) is 0 Å². The van der Waals surface area contributed by atoms with Gasteiger partial charge in [0.05, 0.1) is 16.0 Å². The second kappa shape index (κ2) is 5.49. The number of rotatable bonds is 3. The lowest BCUT2D eigenvalue weighted by atomic mass is 9.95. The number of alkyl halides is 1. The topological polar surface area (TPSA) is 46.2 Å². The van der Waals surface area contributed by atoms with Gasteiger partial charge in [-0.25, -0.2) is 8.42 Å². The Morgan fingerprint density at radius 1 is 1.22 bits per heavy atom. The van der Waals surface area contributed by atoms with Gasteiger partial charge in [-0.05, 0) is 25.0 Å². The highest BCUT2D eigenvalue weighted by molar-refractivity contribution is 7.90. The van der Waals surface area contributed by atoms with Crippen molar-refractivity contribution in [1.82, 2.24) is 0 Å². The molecule has 1 aromatic carbocycles. The van der Waals surface area contributed by atoms with E-state index in [1.54, 1.807) is 18.2 Å². The van der Waals surface area contributed by atoms with E-state index >= 15 is 0 Å². The molecule has 2 rings (SSSR count). The minimum atomic E-state index is -3.21. The van der Waals surface area contributed by atoms with Gasteiger partial charge in [-0.2, -0.15) is 0 Å². The molecule has 18 heavy (non-hydrogen) atoms. The molecule has 2 atom stereocenters. The van der Waals surface area contributed by atoms with E-state index in [0.29, 0.717) is 10.6 Å². The minimum Gasteiger partial charge on any atom is -0.380 e. The Morgan fingerprint density at radius 3 is 2.56 bits per heavy atom. The second-order valence-corrected chi connectivity index (χ2v) is 7.36. The van der Waals surface area contributed by atoms with Gasteiger partial charge in [-0.15, -0.1) is 11.6 Å². The fraction of sp³-hybridized carbons (Fsp3) is 0.538. The molecule has 2 unspecified atom stereocenters. The largest absolute Gasteiger partial charge is 0.380 e. The fourth-order valence-corrected chi connectivity index (χ4v) is 3.55. The van der Waals surface area contributed by atoms with Crippen molar-refractivity contribution in [2.45, 2.75) is 42.0 Å². The molecule has 100 valence electrons. The summed E-state index contributed by atoms with van der Waals surface area (Å²) in [5.41, 5.74) is 0.664. The Bertz CT molecular complexity index is 515. The van der Waals surface area contributed by atoms with E-state index in [2.05, 4.69) is 5.32 Å². The van der Waals surface area contributed by atoms with Crippen LogP contribution in [0.3, 0.4) is 0 Å². The van der Waals surface area contributed by atoms with Crippen molar-refractivity contribution in [1.29, 1.82) is 0 Å². The molecule has 5 heteroatoms. The number of benzene rings is 1. The van der Waals surface area contributed by atoms with Crippen LogP contribution in [0.25, 0.3) is 0 Å². The molecule has 1 aliphatic rings. The molecule has 1 fully saturated rings. The van der Waals surface area contributed by atoms with Crippen LogP contribution < -0.4 is 5.32 Å². The van der Waals surface area contributed by atoms with Crippen LogP contribution in [0, 0.1) is 0 Å². The zero-order chi connectivity index (χ0) is 13.2. The summed E-state index contributed by atoms with van der Waals surface area (Å²) in [6.45, 7) is 0. The highest BCUT2D eigenvalue weighted by Gasteiger charge is 2.24. The summed E-state index contributed by atoms with van der Waals surface area (Å²) in [5.74, 6) is 0. The molecule has 1 aromatic rings. The van der Waals surface area contributed by atoms with Crippen LogP contribution >= 0.6 is 11.6 Å². The zero-order valence-electron chi connectivity index (χ0n) is 10.4. The molecule has 0 aromatic heterocycles. The maximum Gasteiger partial charge on any atom is 0.177 e. The minimum absolute atomic E-state index is 0.0753. The molecule has 0 amide bonds. The van der Waals surface area contributed by atoms with Gasteiger partial charge in [0.15, 0.2) is 9.84 Å². The summed E-state index contributed by atoms with van der Waals surface area (Å²) in [7, 11) is -3.21. The van der Waals surface area contributed by atoms with Crippen molar-refractivity contribution in [3.63, 3.8) is 0 Å². The first kappa shape index (κ1) is 13.7. The number of anilines is 1. The highest BCUT2D eigenvalue weighted by atomic mass is 35.5. The number of hydrogen-bond acceptors (Lipinski definition) is 3. The standard InChI is InChI=1S/C13H18ClNO2S/c1-18(16,17)13-9-5-4-8-12(13)15-11-7-3-2-6-10(11)14/h4-5,8-11,15H,2-3,6-7H2,1H3. The summed E-state index contributed by atoms with van der Waals surface area (Å²) >= 11 is 6.29. The summed E-state index contributed by atoms with van der Waals surface area (Å²) in [4.78, 5) is 0.347. The van der Waals surface area contributed by atoms with Crippen molar-refractivity contribution >= 4 is 27.1 Å². The van der Waals surface area contributed by atoms with Crippen molar-refractivity contribution in [2.75, 3.05) is 11.6 Å². The average molecular weight is 288 g/mol. The first-order chi connectivity index (χ1) is 8.48. The van der Waals surface area contributed by atoms with Gasteiger partial charge in [0, 0.05) is 12.3 Å². The van der Waals surface area contributed by atoms with Gasteiger partial charge in [-0.3, -0.25) is 0 Å². The predicted molar refractivity (Wildman–Crippen MR) is 75.1 cm³/mol. The number of sulfone groups is 1. The molecule has 1 aliphatic carbocycles. The first-order valence-electron chi connectivity index (χ1n) is 6.18. The molecule has 1 N–H and O–H groups in total. The summed E-state index contributed by atoms with van der Waals surface area (Å²) < 4.78 is 23.4. The van der Waals surface area contributed by atoms with Crippen LogP contribution in [-0.2, 0) is 9.84 Å². The molecular formula is C13H18ClNO2S. The van der Waals surface area contributed by atoms with Gasteiger partial charge in [0.1, 0.15) is 0 Å². The third kappa shape index (κ3) is 3.18. The Morgan fingerprint density at radius 2 is 1.89 bits per heavy atom. The van der Waals surface area contributed by atoms with Crippen molar-refractivity contribution in [3.05, 3.63) is 24.3 Å². The predicted octanol–water partition coefficient (Wildman–Crippen LogP) is 3.05. The monoisotopic (exact) mass is 287 g/mol. The maximum atomic E-state index is 11.7. The summed E-state index contributed by atoms with van der Waals surface area (Å²) in [5, 5.41) is 3.37. The smallest absolute Gasteiger partial charge is 0.177 e. The third-order valence-corrected chi connectivity index (χ3v) is 4.99. The number of hydrogen-bond donors (Lipinski definition) is 1. The third-order valence-electron chi connectivity index (χ3n) is 3.31. The fourth-order valence-electron chi connectivity index (χ4n) is 2.36. The van der Waals surface area contributed by atoms with E-state index in [1.807, 2.05) is 6.07 Å². The van der Waals surface area contributed by atoms with Gasteiger partial charge < -0.3 is 5.32 Å². The SMILES string of the molecule is CS(=O)(=O)c1ccccc1NC1CCCCC1Cl. The molecule has 0 bridgehead atoms. The Kier molecular flexibility index (Phi) is 4.17. The Labute approximate surface area is 113 Å². The summed E-state index contributed by atoms with van der Waals surface area (Å²) in [6.07, 6.45) is 5.50. The van der Waals surface area contributed by atoms with E-state index in [1.165, 1.54) is 6.26 Å². The van der Waals surface area contributed by atoms with E-state index < -0.39 is 9.84 Å². The molecule has 3 nitrogen and oxygen atoms in total. The van der Waals surface area contributed by atoms with E-state index in [-0.39, 0.29) is 11.4 Å². The zero-order valence-corrected chi connectivity index (χ0v) is 12.0. The van der Waals surface area contributed by atoms with Crippen LogP contribution in [-0.4, -0.2) is 26.1 Å². The number of nitrogens with one attached hydrogen (secondary N) is 1. The first-order valence-corrected chi connectivity index (χ1v) is 8.51. The summed E-state index contributed by atoms with van der Waals surface area (Å²) in [6, 6.07) is 7.16. The normalized spacial score (nSPS) is 24.8. The molecular weight excluding hydrogens is 270 g/mol. The van der Waals surface area contributed by atoms with Crippen LogP contribution in [0.15, 0.2) is 29.2 Å².